The number of carbonyl (C=O) groups is 2. The average molecular weight is 495 g/mol. The second-order valence-corrected chi connectivity index (χ2v) is 8.58. The number of hydrogen-bond acceptors (Lipinski definition) is 7. The Bertz CT molecular complexity index is 1550. The highest BCUT2D eigenvalue weighted by Crippen LogP contribution is 2.33. The maximum atomic E-state index is 13.2. The van der Waals surface area contributed by atoms with Crippen LogP contribution in [0.3, 0.4) is 0 Å². The first-order valence-electron chi connectivity index (χ1n) is 11.6. The summed E-state index contributed by atoms with van der Waals surface area (Å²) in [6, 6.07) is 26.8. The Morgan fingerprint density at radius 2 is 1.70 bits per heavy atom. The quantitative estimate of drug-likeness (QED) is 0.176. The molecule has 0 bridgehead atoms. The summed E-state index contributed by atoms with van der Waals surface area (Å²) in [4.78, 5) is 36.2. The second-order valence-electron chi connectivity index (χ2n) is 8.58. The number of hydrogen-bond donors (Lipinski definition) is 1. The number of nitrogen functional groups attached to an aromatic ring is 1. The fourth-order valence-corrected chi connectivity index (χ4v) is 4.32. The van der Waals surface area contributed by atoms with Crippen molar-refractivity contribution in [2.45, 2.75) is 12.5 Å². The van der Waals surface area contributed by atoms with Gasteiger partial charge in [-0.25, -0.2) is 9.80 Å². The fraction of sp³-hybridized carbons (Fsp3) is 0.107. The van der Waals surface area contributed by atoms with E-state index in [1.807, 2.05) is 72.8 Å². The highest BCUT2D eigenvalue weighted by molar-refractivity contribution is 6.05. The van der Waals surface area contributed by atoms with E-state index in [2.05, 4.69) is 5.10 Å². The molecule has 1 aliphatic rings. The molecule has 0 aromatic heterocycles. The van der Waals surface area contributed by atoms with Gasteiger partial charge in [0.25, 0.3) is 11.6 Å². The summed E-state index contributed by atoms with van der Waals surface area (Å²) in [6.07, 6.45) is 0.492. The van der Waals surface area contributed by atoms with Gasteiger partial charge in [0.05, 0.1) is 22.2 Å². The molecule has 4 aromatic rings. The van der Waals surface area contributed by atoms with Gasteiger partial charge in [0.1, 0.15) is 5.69 Å². The van der Waals surface area contributed by atoms with Crippen LogP contribution in [0.15, 0.2) is 96.1 Å². The van der Waals surface area contributed by atoms with Gasteiger partial charge in [0.2, 0.25) is 0 Å². The van der Waals surface area contributed by atoms with E-state index in [1.165, 1.54) is 17.1 Å². The van der Waals surface area contributed by atoms with Gasteiger partial charge in [-0.1, -0.05) is 66.7 Å². The number of esters is 1. The third kappa shape index (κ3) is 4.87. The number of nitro benzene ring substituents is 1. The van der Waals surface area contributed by atoms with E-state index < -0.39 is 29.1 Å². The molecule has 9 heteroatoms. The second kappa shape index (κ2) is 9.90. The van der Waals surface area contributed by atoms with Crippen molar-refractivity contribution in [2.75, 3.05) is 12.3 Å². The molecule has 5 rings (SSSR count). The lowest BCUT2D eigenvalue weighted by atomic mass is 9.97. The molecule has 9 nitrogen and oxygen atoms in total. The van der Waals surface area contributed by atoms with E-state index in [0.717, 1.165) is 33.7 Å². The maximum Gasteiger partial charge on any atom is 0.338 e. The third-order valence-electron chi connectivity index (χ3n) is 6.22. The molecule has 1 heterocycles. The van der Waals surface area contributed by atoms with E-state index in [4.69, 9.17) is 10.5 Å². The standard InChI is InChI=1S/C28H22N4O5/c29-23-13-12-22(15-26(23)32(35)36)28(34)37-17-27(33)31-25(19-7-2-1-3-8-19)16-24(30-31)21-11-10-18-6-4-5-9-20(18)14-21/h1-15,25H,16-17,29H2/t25-/m1/s1. The number of nitrogens with zero attached hydrogens (tertiary/aromatic N) is 3. The van der Waals surface area contributed by atoms with Crippen molar-refractivity contribution < 1.29 is 19.2 Å². The van der Waals surface area contributed by atoms with Gasteiger partial charge in [-0.15, -0.1) is 0 Å². The molecule has 0 aliphatic carbocycles. The molecule has 0 saturated heterocycles. The van der Waals surface area contributed by atoms with E-state index in [0.29, 0.717) is 6.42 Å². The van der Waals surface area contributed by atoms with Crippen LogP contribution in [-0.4, -0.2) is 34.1 Å². The Balaban J connectivity index is 1.38. The lowest BCUT2D eigenvalue weighted by Crippen LogP contribution is -2.31. The first-order chi connectivity index (χ1) is 17.9. The molecule has 4 aromatic carbocycles. The van der Waals surface area contributed by atoms with Crippen molar-refractivity contribution in [3.63, 3.8) is 0 Å². The number of carbonyl (C=O) groups excluding carboxylic acids is 2. The van der Waals surface area contributed by atoms with Crippen LogP contribution < -0.4 is 5.73 Å². The first-order valence-corrected chi connectivity index (χ1v) is 11.6. The van der Waals surface area contributed by atoms with Crippen molar-refractivity contribution in [3.8, 4) is 0 Å². The van der Waals surface area contributed by atoms with Crippen molar-refractivity contribution >= 4 is 39.7 Å². The molecular weight excluding hydrogens is 472 g/mol. The molecule has 184 valence electrons. The predicted molar refractivity (Wildman–Crippen MR) is 139 cm³/mol. The van der Waals surface area contributed by atoms with Crippen molar-refractivity contribution in [2.24, 2.45) is 5.10 Å². The minimum absolute atomic E-state index is 0.0732. The van der Waals surface area contributed by atoms with E-state index in [-0.39, 0.29) is 17.3 Å². The van der Waals surface area contributed by atoms with Crippen LogP contribution >= 0.6 is 0 Å². The Morgan fingerprint density at radius 3 is 2.46 bits per heavy atom. The molecule has 2 N–H and O–H groups in total. The van der Waals surface area contributed by atoms with Crippen LogP contribution in [0.5, 0.6) is 0 Å². The van der Waals surface area contributed by atoms with Gasteiger partial charge in [-0.3, -0.25) is 14.9 Å². The Morgan fingerprint density at radius 1 is 0.973 bits per heavy atom. The van der Waals surface area contributed by atoms with Crippen LogP contribution in [-0.2, 0) is 9.53 Å². The van der Waals surface area contributed by atoms with Gasteiger partial charge in [-0.05, 0) is 40.1 Å². The molecule has 1 amide bonds. The smallest absolute Gasteiger partial charge is 0.338 e. The van der Waals surface area contributed by atoms with E-state index >= 15 is 0 Å². The molecule has 0 saturated carbocycles. The Hall–Kier alpha value is -5.05. The zero-order valence-electron chi connectivity index (χ0n) is 19.6. The molecule has 1 aliphatic heterocycles. The molecule has 0 spiro atoms. The number of amides is 1. The SMILES string of the molecule is Nc1ccc(C(=O)OCC(=O)N2N=C(c3ccc4ccccc4c3)C[C@@H]2c2ccccc2)cc1[N+](=O)[O-]. The normalized spacial score (nSPS) is 14.9. The molecule has 37 heavy (non-hydrogen) atoms. The summed E-state index contributed by atoms with van der Waals surface area (Å²) in [5.41, 5.74) is 7.58. The Kier molecular flexibility index (Phi) is 6.34. The monoisotopic (exact) mass is 494 g/mol. The number of nitrogens with two attached hydrogens (primary N) is 1. The Labute approximate surface area is 211 Å². The number of rotatable bonds is 6. The van der Waals surface area contributed by atoms with Gasteiger partial charge in [0, 0.05) is 12.5 Å². The summed E-state index contributed by atoms with van der Waals surface area (Å²) in [6.45, 7) is -0.575. The van der Waals surface area contributed by atoms with Crippen LogP contribution in [0.25, 0.3) is 10.8 Å². The predicted octanol–water partition coefficient (Wildman–Crippen LogP) is 4.86. The maximum absolute atomic E-state index is 13.2. The first kappa shape index (κ1) is 23.7. The summed E-state index contributed by atoms with van der Waals surface area (Å²) in [7, 11) is 0. The van der Waals surface area contributed by atoms with Crippen molar-refractivity contribution in [3.05, 3.63) is 118 Å². The van der Waals surface area contributed by atoms with Crippen LogP contribution in [0.4, 0.5) is 11.4 Å². The fourth-order valence-electron chi connectivity index (χ4n) is 4.32. The van der Waals surface area contributed by atoms with Gasteiger partial charge in [-0.2, -0.15) is 5.10 Å². The summed E-state index contributed by atoms with van der Waals surface area (Å²) < 4.78 is 5.20. The highest BCUT2D eigenvalue weighted by Gasteiger charge is 2.33. The molecule has 0 fully saturated rings. The average Bonchev–Trinajstić information content (AvgIpc) is 3.37. The van der Waals surface area contributed by atoms with Gasteiger partial charge >= 0.3 is 5.97 Å². The minimum atomic E-state index is -0.870. The number of anilines is 1. The number of hydrazone groups is 1. The lowest BCUT2D eigenvalue weighted by Gasteiger charge is -2.21. The largest absolute Gasteiger partial charge is 0.452 e. The molecule has 1 atom stereocenters. The van der Waals surface area contributed by atoms with Gasteiger partial charge < -0.3 is 10.5 Å². The minimum Gasteiger partial charge on any atom is -0.452 e. The van der Waals surface area contributed by atoms with Crippen LogP contribution in [0.1, 0.15) is 33.9 Å². The van der Waals surface area contributed by atoms with Crippen molar-refractivity contribution in [1.29, 1.82) is 0 Å². The van der Waals surface area contributed by atoms with Crippen molar-refractivity contribution in [1.82, 2.24) is 5.01 Å². The summed E-state index contributed by atoms with van der Waals surface area (Å²) in [5, 5.41) is 19.3. The molecular formula is C28H22N4O5. The third-order valence-corrected chi connectivity index (χ3v) is 6.22. The molecule has 0 unspecified atom stereocenters. The highest BCUT2D eigenvalue weighted by atomic mass is 16.6. The number of nitro groups is 1. The van der Waals surface area contributed by atoms with Crippen LogP contribution in [0, 0.1) is 10.1 Å². The zero-order chi connectivity index (χ0) is 25.9. The lowest BCUT2D eigenvalue weighted by molar-refractivity contribution is -0.383. The van der Waals surface area contributed by atoms with Gasteiger partial charge in [0.15, 0.2) is 6.61 Å². The number of fused-ring (bicyclic) bond motifs is 1. The summed E-state index contributed by atoms with van der Waals surface area (Å²) >= 11 is 0. The van der Waals surface area contributed by atoms with E-state index in [9.17, 15) is 19.7 Å². The number of benzene rings is 4. The molecule has 0 radical (unpaired) electrons. The van der Waals surface area contributed by atoms with Crippen LogP contribution in [0.2, 0.25) is 0 Å². The summed E-state index contributed by atoms with van der Waals surface area (Å²) in [5.74, 6) is -1.38. The number of ether oxygens (including phenoxy) is 1. The zero-order valence-corrected chi connectivity index (χ0v) is 19.6. The van der Waals surface area contributed by atoms with E-state index in [1.54, 1.807) is 0 Å². The topological polar surface area (TPSA) is 128 Å².